The van der Waals surface area contributed by atoms with Crippen LogP contribution in [0.2, 0.25) is 0 Å². The van der Waals surface area contributed by atoms with Gasteiger partial charge < -0.3 is 9.26 Å². The fraction of sp³-hybridized carbons (Fsp3) is 0.231. The first kappa shape index (κ1) is 11.7. The summed E-state index contributed by atoms with van der Waals surface area (Å²) in [6.45, 7) is 5.59. The van der Waals surface area contributed by atoms with Gasteiger partial charge in [-0.2, -0.15) is 0 Å². The van der Waals surface area contributed by atoms with Crippen molar-refractivity contribution < 1.29 is 14.4 Å². The summed E-state index contributed by atoms with van der Waals surface area (Å²) >= 11 is 0. The van der Waals surface area contributed by atoms with E-state index >= 15 is 0 Å². The monoisotopic (exact) mass is 231 g/mol. The Balaban J connectivity index is 2.39. The Hall–Kier alpha value is -1.81. The molecule has 0 N–H and O–H groups in total. The van der Waals surface area contributed by atoms with Crippen LogP contribution in [0.1, 0.15) is 28.7 Å². The molecule has 88 valence electrons. The van der Waals surface area contributed by atoms with Crippen molar-refractivity contribution in [1.82, 2.24) is 5.16 Å². The molecule has 4 heteroatoms. The van der Waals surface area contributed by atoms with E-state index in [1.54, 1.807) is 38.3 Å². The average Bonchev–Trinajstić information content (AvgIpc) is 2.76. The quantitative estimate of drug-likeness (QED) is 0.816. The van der Waals surface area contributed by atoms with Gasteiger partial charge in [-0.1, -0.05) is 11.2 Å². The SMILES string of the molecule is [CH2]c1ccc(OC)cc1C([O])c1cc(C)on1. The number of hydrogen-bond acceptors (Lipinski definition) is 3. The van der Waals surface area contributed by atoms with E-state index in [0.29, 0.717) is 28.3 Å². The highest BCUT2D eigenvalue weighted by Gasteiger charge is 2.19. The van der Waals surface area contributed by atoms with Crippen molar-refractivity contribution in [2.75, 3.05) is 7.11 Å². The molecule has 1 aromatic carbocycles. The van der Waals surface area contributed by atoms with Crippen LogP contribution in [-0.4, -0.2) is 12.3 Å². The highest BCUT2D eigenvalue weighted by Crippen LogP contribution is 2.28. The minimum atomic E-state index is -1.10. The Bertz CT molecular complexity index is 519. The number of ether oxygens (including phenoxy) is 1. The summed E-state index contributed by atoms with van der Waals surface area (Å²) in [6.07, 6.45) is -1.10. The molecule has 0 bridgehead atoms. The summed E-state index contributed by atoms with van der Waals surface area (Å²) < 4.78 is 9.99. The van der Waals surface area contributed by atoms with E-state index in [0.717, 1.165) is 0 Å². The standard InChI is InChI=1S/C13H13NO3/c1-8-4-5-10(16-3)7-11(8)13(15)12-6-9(2)17-14-12/h4-7,13H,1H2,2-3H3. The van der Waals surface area contributed by atoms with Crippen LogP contribution in [0.3, 0.4) is 0 Å². The van der Waals surface area contributed by atoms with Gasteiger partial charge in [0.15, 0.2) is 6.10 Å². The number of methoxy groups -OCH3 is 1. The number of rotatable bonds is 3. The van der Waals surface area contributed by atoms with E-state index < -0.39 is 6.10 Å². The van der Waals surface area contributed by atoms with Crippen LogP contribution in [0, 0.1) is 13.8 Å². The third-order valence-electron chi connectivity index (χ3n) is 2.55. The largest absolute Gasteiger partial charge is 0.497 e. The summed E-state index contributed by atoms with van der Waals surface area (Å²) in [5, 5.41) is 15.9. The lowest BCUT2D eigenvalue weighted by Gasteiger charge is -2.10. The van der Waals surface area contributed by atoms with Gasteiger partial charge in [-0.25, -0.2) is 5.11 Å². The van der Waals surface area contributed by atoms with E-state index in [2.05, 4.69) is 12.1 Å². The molecule has 0 saturated heterocycles. The van der Waals surface area contributed by atoms with Crippen molar-refractivity contribution in [3.63, 3.8) is 0 Å². The normalized spacial score (nSPS) is 12.5. The van der Waals surface area contributed by atoms with Gasteiger partial charge in [0.25, 0.3) is 0 Å². The number of aryl methyl sites for hydroxylation is 1. The molecule has 2 radical (unpaired) electrons. The second-order valence-electron chi connectivity index (χ2n) is 3.81. The van der Waals surface area contributed by atoms with E-state index in [1.807, 2.05) is 0 Å². The van der Waals surface area contributed by atoms with E-state index in [4.69, 9.17) is 9.26 Å². The van der Waals surface area contributed by atoms with Crippen LogP contribution in [0.25, 0.3) is 0 Å². The van der Waals surface area contributed by atoms with Gasteiger partial charge in [0.05, 0.1) is 7.11 Å². The molecular formula is C13H13NO3. The Morgan fingerprint density at radius 2 is 2.18 bits per heavy atom. The zero-order chi connectivity index (χ0) is 12.4. The molecule has 0 aliphatic heterocycles. The van der Waals surface area contributed by atoms with Crippen LogP contribution in [0.4, 0.5) is 0 Å². The lowest BCUT2D eigenvalue weighted by Crippen LogP contribution is -2.01. The van der Waals surface area contributed by atoms with Gasteiger partial charge in [-0.3, -0.25) is 0 Å². The Labute approximate surface area is 99.8 Å². The molecule has 0 amide bonds. The third-order valence-corrected chi connectivity index (χ3v) is 2.55. The van der Waals surface area contributed by atoms with Crippen LogP contribution in [-0.2, 0) is 5.11 Å². The maximum Gasteiger partial charge on any atom is 0.164 e. The fourth-order valence-corrected chi connectivity index (χ4v) is 1.61. The molecule has 4 nitrogen and oxygen atoms in total. The highest BCUT2D eigenvalue weighted by atomic mass is 16.5. The molecule has 1 atom stereocenters. The number of benzene rings is 1. The Kier molecular flexibility index (Phi) is 3.15. The molecule has 1 heterocycles. The van der Waals surface area contributed by atoms with Gasteiger partial charge >= 0.3 is 0 Å². The van der Waals surface area contributed by atoms with Gasteiger partial charge in [-0.15, -0.1) is 0 Å². The molecule has 0 fully saturated rings. The molecule has 0 aliphatic carbocycles. The zero-order valence-electron chi connectivity index (χ0n) is 9.77. The van der Waals surface area contributed by atoms with Crippen LogP contribution < -0.4 is 4.74 Å². The number of aromatic nitrogens is 1. The van der Waals surface area contributed by atoms with Crippen molar-refractivity contribution in [3.8, 4) is 5.75 Å². The van der Waals surface area contributed by atoms with Crippen LogP contribution in [0.5, 0.6) is 5.75 Å². The van der Waals surface area contributed by atoms with Gasteiger partial charge in [0.1, 0.15) is 17.2 Å². The zero-order valence-corrected chi connectivity index (χ0v) is 9.77. The topological polar surface area (TPSA) is 55.2 Å². The summed E-state index contributed by atoms with van der Waals surface area (Å²) in [5.74, 6) is 1.25. The third kappa shape index (κ3) is 2.31. The average molecular weight is 231 g/mol. The summed E-state index contributed by atoms with van der Waals surface area (Å²) in [5.41, 5.74) is 1.59. The predicted molar refractivity (Wildman–Crippen MR) is 61.2 cm³/mol. The maximum atomic E-state index is 12.2. The van der Waals surface area contributed by atoms with Gasteiger partial charge in [0, 0.05) is 6.07 Å². The molecule has 2 aromatic rings. The molecule has 2 rings (SSSR count). The first-order valence-corrected chi connectivity index (χ1v) is 5.20. The van der Waals surface area contributed by atoms with E-state index in [1.165, 1.54) is 0 Å². The van der Waals surface area contributed by atoms with Crippen LogP contribution >= 0.6 is 0 Å². The van der Waals surface area contributed by atoms with Crippen molar-refractivity contribution in [2.24, 2.45) is 0 Å². The molecule has 17 heavy (non-hydrogen) atoms. The molecule has 0 spiro atoms. The second kappa shape index (κ2) is 4.59. The van der Waals surface area contributed by atoms with Crippen LogP contribution in [0.15, 0.2) is 28.8 Å². The molecule has 0 aliphatic rings. The van der Waals surface area contributed by atoms with Crippen molar-refractivity contribution >= 4 is 0 Å². The Morgan fingerprint density at radius 1 is 1.41 bits per heavy atom. The van der Waals surface area contributed by atoms with E-state index in [-0.39, 0.29) is 0 Å². The molecule has 1 unspecified atom stereocenters. The van der Waals surface area contributed by atoms with Gasteiger partial charge in [-0.05, 0) is 37.1 Å². The lowest BCUT2D eigenvalue weighted by molar-refractivity contribution is 0.116. The van der Waals surface area contributed by atoms with Crippen molar-refractivity contribution in [3.05, 3.63) is 53.8 Å². The highest BCUT2D eigenvalue weighted by molar-refractivity contribution is 5.41. The summed E-state index contributed by atoms with van der Waals surface area (Å²) in [7, 11) is 1.56. The number of nitrogens with zero attached hydrogens (tertiary/aromatic N) is 1. The number of hydrogen-bond donors (Lipinski definition) is 0. The molecular weight excluding hydrogens is 218 g/mol. The Morgan fingerprint density at radius 3 is 2.76 bits per heavy atom. The second-order valence-corrected chi connectivity index (χ2v) is 3.81. The fourth-order valence-electron chi connectivity index (χ4n) is 1.61. The summed E-state index contributed by atoms with van der Waals surface area (Å²) in [6, 6.07) is 6.85. The van der Waals surface area contributed by atoms with E-state index in [9.17, 15) is 5.11 Å². The molecule has 0 saturated carbocycles. The van der Waals surface area contributed by atoms with Crippen molar-refractivity contribution in [1.29, 1.82) is 0 Å². The lowest BCUT2D eigenvalue weighted by atomic mass is 10.0. The first-order valence-electron chi connectivity index (χ1n) is 5.20. The minimum Gasteiger partial charge on any atom is -0.497 e. The maximum absolute atomic E-state index is 12.2. The molecule has 1 aromatic heterocycles. The first-order chi connectivity index (χ1) is 8.11. The predicted octanol–water partition coefficient (Wildman–Crippen LogP) is 2.69. The smallest absolute Gasteiger partial charge is 0.164 e. The minimum absolute atomic E-state index is 0.362. The van der Waals surface area contributed by atoms with Gasteiger partial charge in [0.2, 0.25) is 0 Å². The van der Waals surface area contributed by atoms with Crippen molar-refractivity contribution in [2.45, 2.75) is 13.0 Å². The summed E-state index contributed by atoms with van der Waals surface area (Å²) in [4.78, 5) is 0.